The quantitative estimate of drug-likeness (QED) is 0.852. The van der Waals surface area contributed by atoms with E-state index >= 15 is 0 Å². The highest BCUT2D eigenvalue weighted by molar-refractivity contribution is 6.42. The first-order chi connectivity index (χ1) is 11.2. The molecule has 0 spiro atoms. The second-order valence-corrected chi connectivity index (χ2v) is 8.31. The Morgan fingerprint density at radius 2 is 2.08 bits per heavy atom. The van der Waals surface area contributed by atoms with E-state index in [1.165, 1.54) is 0 Å². The van der Waals surface area contributed by atoms with Crippen molar-refractivity contribution >= 4 is 29.1 Å². The number of nitrogens with two attached hydrogens (primary N) is 1. The number of nitrogens with one attached hydrogen (secondary N) is 1. The van der Waals surface area contributed by atoms with E-state index in [-0.39, 0.29) is 29.4 Å². The molecule has 24 heavy (non-hydrogen) atoms. The zero-order chi connectivity index (χ0) is 17.7. The van der Waals surface area contributed by atoms with Crippen LogP contribution >= 0.6 is 23.2 Å². The number of carbonyl (C=O) groups excluding carboxylic acids is 1. The van der Waals surface area contributed by atoms with Crippen LogP contribution in [0.4, 0.5) is 0 Å². The van der Waals surface area contributed by atoms with Crippen molar-refractivity contribution in [3.05, 3.63) is 33.8 Å². The molecule has 0 radical (unpaired) electrons. The number of hydrogen-bond donors (Lipinski definition) is 2. The number of hydrogen-bond acceptors (Lipinski definition) is 3. The fourth-order valence-electron chi connectivity index (χ4n) is 4.22. The molecule has 2 fully saturated rings. The van der Waals surface area contributed by atoms with Crippen molar-refractivity contribution in [1.82, 2.24) is 5.32 Å². The number of fused-ring (bicyclic) bond motifs is 1. The second-order valence-electron chi connectivity index (χ2n) is 7.50. The molecular formula is C18H24Cl2N2O2. The Labute approximate surface area is 153 Å². The molecule has 132 valence electrons. The molecule has 3 N–H and O–H groups in total. The smallest absolute Gasteiger partial charge is 0.241 e. The van der Waals surface area contributed by atoms with E-state index in [0.717, 1.165) is 25.0 Å². The van der Waals surface area contributed by atoms with Crippen LogP contribution in [0.2, 0.25) is 10.0 Å². The molecule has 0 bridgehead atoms. The Bertz CT molecular complexity index is 664. The minimum atomic E-state index is -0.914. The molecule has 1 aliphatic carbocycles. The van der Waals surface area contributed by atoms with Gasteiger partial charge in [0.05, 0.1) is 22.2 Å². The minimum Gasteiger partial charge on any atom is -0.377 e. The summed E-state index contributed by atoms with van der Waals surface area (Å²) in [5.74, 6) is -0.0555. The second kappa shape index (κ2) is 6.17. The highest BCUT2D eigenvalue weighted by Crippen LogP contribution is 2.57. The SMILES string of the molecule is CC(NC(=O)C1(N)C2CCCOC2C1(C)C)c1ccc(Cl)c(Cl)c1. The summed E-state index contributed by atoms with van der Waals surface area (Å²) in [5, 5.41) is 4.02. The van der Waals surface area contributed by atoms with Gasteiger partial charge in [-0.2, -0.15) is 0 Å². The summed E-state index contributed by atoms with van der Waals surface area (Å²) in [6.07, 6.45) is 1.94. The number of benzene rings is 1. The zero-order valence-electron chi connectivity index (χ0n) is 14.2. The fraction of sp³-hybridized carbons (Fsp3) is 0.611. The molecule has 1 aromatic carbocycles. The number of halogens is 2. The Balaban J connectivity index is 1.77. The first-order valence-corrected chi connectivity index (χ1v) is 9.11. The molecule has 4 nitrogen and oxygen atoms in total. The number of amides is 1. The third kappa shape index (κ3) is 2.55. The van der Waals surface area contributed by atoms with E-state index in [9.17, 15) is 4.79 Å². The molecule has 1 saturated heterocycles. The summed E-state index contributed by atoms with van der Waals surface area (Å²) in [7, 11) is 0. The molecule has 4 atom stereocenters. The average molecular weight is 371 g/mol. The summed E-state index contributed by atoms with van der Waals surface area (Å²) in [6.45, 7) is 6.70. The lowest BCUT2D eigenvalue weighted by Crippen LogP contribution is -2.82. The number of ether oxygens (including phenoxy) is 1. The van der Waals surface area contributed by atoms with Crippen molar-refractivity contribution in [2.75, 3.05) is 6.61 Å². The summed E-state index contributed by atoms with van der Waals surface area (Å²) < 4.78 is 5.86. The van der Waals surface area contributed by atoms with Crippen LogP contribution in [0, 0.1) is 11.3 Å². The van der Waals surface area contributed by atoms with Crippen molar-refractivity contribution in [2.24, 2.45) is 17.1 Å². The average Bonchev–Trinajstić information content (AvgIpc) is 2.56. The van der Waals surface area contributed by atoms with Gasteiger partial charge in [0, 0.05) is 17.9 Å². The van der Waals surface area contributed by atoms with Gasteiger partial charge in [-0.3, -0.25) is 4.79 Å². The van der Waals surface area contributed by atoms with Gasteiger partial charge in [-0.05, 0) is 37.5 Å². The van der Waals surface area contributed by atoms with E-state index < -0.39 is 5.54 Å². The van der Waals surface area contributed by atoms with Crippen molar-refractivity contribution < 1.29 is 9.53 Å². The highest BCUT2D eigenvalue weighted by atomic mass is 35.5. The van der Waals surface area contributed by atoms with E-state index in [1.807, 2.05) is 26.8 Å². The van der Waals surface area contributed by atoms with Gasteiger partial charge in [-0.25, -0.2) is 0 Å². The van der Waals surface area contributed by atoms with Gasteiger partial charge in [0.2, 0.25) is 5.91 Å². The number of rotatable bonds is 3. The van der Waals surface area contributed by atoms with Gasteiger partial charge >= 0.3 is 0 Å². The monoisotopic (exact) mass is 370 g/mol. The Morgan fingerprint density at radius 1 is 1.38 bits per heavy atom. The van der Waals surface area contributed by atoms with Crippen LogP contribution in [-0.2, 0) is 9.53 Å². The van der Waals surface area contributed by atoms with E-state index in [1.54, 1.807) is 12.1 Å². The van der Waals surface area contributed by atoms with Crippen LogP contribution in [0.5, 0.6) is 0 Å². The zero-order valence-corrected chi connectivity index (χ0v) is 15.7. The minimum absolute atomic E-state index is 0.0577. The Kier molecular flexibility index (Phi) is 4.63. The third-order valence-electron chi connectivity index (χ3n) is 5.85. The fourth-order valence-corrected chi connectivity index (χ4v) is 4.52. The Hall–Kier alpha value is -0.810. The molecule has 2 aliphatic rings. The van der Waals surface area contributed by atoms with Gasteiger partial charge in [-0.1, -0.05) is 43.1 Å². The van der Waals surface area contributed by atoms with Crippen molar-refractivity contribution in [3.63, 3.8) is 0 Å². The number of carbonyl (C=O) groups is 1. The first-order valence-electron chi connectivity index (χ1n) is 8.36. The van der Waals surface area contributed by atoms with Crippen LogP contribution in [0.3, 0.4) is 0 Å². The maximum Gasteiger partial charge on any atom is 0.241 e. The van der Waals surface area contributed by atoms with Gasteiger partial charge in [-0.15, -0.1) is 0 Å². The van der Waals surface area contributed by atoms with Crippen LogP contribution in [0.15, 0.2) is 18.2 Å². The van der Waals surface area contributed by atoms with E-state index in [4.69, 9.17) is 33.7 Å². The topological polar surface area (TPSA) is 64.4 Å². The molecule has 1 amide bonds. The predicted molar refractivity (Wildman–Crippen MR) is 96.2 cm³/mol. The normalized spacial score (nSPS) is 32.4. The van der Waals surface area contributed by atoms with E-state index in [2.05, 4.69) is 5.32 Å². The molecule has 1 aromatic rings. The lowest BCUT2D eigenvalue weighted by atomic mass is 9.46. The van der Waals surface area contributed by atoms with Gasteiger partial charge in [0.25, 0.3) is 0 Å². The Morgan fingerprint density at radius 3 is 2.75 bits per heavy atom. The first kappa shape index (κ1) is 18.0. The van der Waals surface area contributed by atoms with E-state index in [0.29, 0.717) is 10.0 Å². The molecule has 4 unspecified atom stereocenters. The molecule has 3 rings (SSSR count). The van der Waals surface area contributed by atoms with Gasteiger partial charge in [0.15, 0.2) is 0 Å². The van der Waals surface area contributed by atoms with Crippen LogP contribution in [0.1, 0.15) is 45.2 Å². The van der Waals surface area contributed by atoms with Crippen molar-refractivity contribution in [2.45, 2.75) is 51.3 Å². The van der Waals surface area contributed by atoms with Gasteiger partial charge in [0.1, 0.15) is 5.54 Å². The summed E-state index contributed by atoms with van der Waals surface area (Å²) in [5.41, 5.74) is 6.21. The van der Waals surface area contributed by atoms with Crippen molar-refractivity contribution in [3.8, 4) is 0 Å². The van der Waals surface area contributed by atoms with Crippen LogP contribution < -0.4 is 11.1 Å². The third-order valence-corrected chi connectivity index (χ3v) is 6.59. The summed E-state index contributed by atoms with van der Waals surface area (Å²) in [4.78, 5) is 13.0. The molecule has 0 aromatic heterocycles. The lowest BCUT2D eigenvalue weighted by Gasteiger charge is -2.65. The van der Waals surface area contributed by atoms with Crippen LogP contribution in [-0.4, -0.2) is 24.2 Å². The summed E-state index contributed by atoms with van der Waals surface area (Å²) in [6, 6.07) is 5.17. The molecule has 1 aliphatic heterocycles. The molecule has 1 saturated carbocycles. The van der Waals surface area contributed by atoms with Gasteiger partial charge < -0.3 is 15.8 Å². The van der Waals surface area contributed by atoms with Crippen molar-refractivity contribution in [1.29, 1.82) is 0 Å². The highest BCUT2D eigenvalue weighted by Gasteiger charge is 2.70. The molecule has 6 heteroatoms. The predicted octanol–water partition coefficient (Wildman–Crippen LogP) is 3.70. The summed E-state index contributed by atoms with van der Waals surface area (Å²) >= 11 is 12.0. The molecule has 1 heterocycles. The molecular weight excluding hydrogens is 347 g/mol. The standard InChI is InChI=1S/C18H24Cl2N2O2/c1-10(11-6-7-13(19)14(20)9-11)22-16(23)18(21)12-5-4-8-24-15(12)17(18,2)3/h6-7,9-10,12,15H,4-5,8,21H2,1-3H3,(H,22,23). The maximum absolute atomic E-state index is 13.0. The maximum atomic E-state index is 13.0. The lowest BCUT2D eigenvalue weighted by molar-refractivity contribution is -0.225. The van der Waals surface area contributed by atoms with Crippen LogP contribution in [0.25, 0.3) is 0 Å². The largest absolute Gasteiger partial charge is 0.377 e.